The normalized spacial score (nSPS) is 15.1. The number of hydrogen-bond acceptors (Lipinski definition) is 7. The minimum Gasteiger partial charge on any atom is -0.371 e. The van der Waals surface area contributed by atoms with E-state index in [1.54, 1.807) is 12.1 Å². The van der Waals surface area contributed by atoms with Crippen molar-refractivity contribution in [3.63, 3.8) is 0 Å². The fourth-order valence-corrected chi connectivity index (χ4v) is 5.25. The molecule has 164 valence electrons. The number of rotatable bonds is 7. The van der Waals surface area contributed by atoms with Crippen LogP contribution in [-0.4, -0.2) is 56.0 Å². The predicted molar refractivity (Wildman–Crippen MR) is 120 cm³/mol. The van der Waals surface area contributed by atoms with Gasteiger partial charge in [0.05, 0.1) is 10.5 Å². The molecule has 2 heterocycles. The second-order valence-corrected chi connectivity index (χ2v) is 11.3. The molecular formula is C20H29N5O3S2. The number of nitrogens with zero attached hydrogens (tertiary/aromatic N) is 4. The van der Waals surface area contributed by atoms with Gasteiger partial charge >= 0.3 is 0 Å². The summed E-state index contributed by atoms with van der Waals surface area (Å²) in [5.74, 6) is 0.0683. The highest BCUT2D eigenvalue weighted by Crippen LogP contribution is 2.29. The highest BCUT2D eigenvalue weighted by Gasteiger charge is 2.24. The molecule has 0 aliphatic carbocycles. The van der Waals surface area contributed by atoms with Crippen LogP contribution in [0.2, 0.25) is 0 Å². The molecule has 1 saturated heterocycles. The maximum Gasteiger partial charge on any atom is 0.259 e. The molecule has 1 aromatic carbocycles. The molecular weight excluding hydrogens is 422 g/mol. The Morgan fingerprint density at radius 3 is 2.53 bits per heavy atom. The minimum absolute atomic E-state index is 0.0937. The maximum absolute atomic E-state index is 13.2. The topological polar surface area (TPSA) is 95.5 Å². The monoisotopic (exact) mass is 451 g/mol. The molecule has 0 atom stereocenters. The number of piperidine rings is 1. The Kier molecular flexibility index (Phi) is 7.10. The van der Waals surface area contributed by atoms with Gasteiger partial charge in [0.15, 0.2) is 0 Å². The summed E-state index contributed by atoms with van der Waals surface area (Å²) in [4.78, 5) is 15.4. The molecule has 10 heteroatoms. The van der Waals surface area contributed by atoms with Crippen LogP contribution in [0.25, 0.3) is 0 Å². The van der Waals surface area contributed by atoms with Gasteiger partial charge in [-0.3, -0.25) is 10.1 Å². The van der Waals surface area contributed by atoms with Crippen molar-refractivity contribution in [2.24, 2.45) is 5.92 Å². The molecule has 0 unspecified atom stereocenters. The van der Waals surface area contributed by atoms with E-state index in [2.05, 4.69) is 34.3 Å². The van der Waals surface area contributed by atoms with Gasteiger partial charge in [-0.25, -0.2) is 12.7 Å². The average Bonchev–Trinajstić information content (AvgIpc) is 3.14. The summed E-state index contributed by atoms with van der Waals surface area (Å²) in [6.07, 6.45) is 4.05. The Morgan fingerprint density at radius 2 is 1.90 bits per heavy atom. The largest absolute Gasteiger partial charge is 0.371 e. The molecule has 0 bridgehead atoms. The highest BCUT2D eigenvalue weighted by molar-refractivity contribution is 7.89. The van der Waals surface area contributed by atoms with Crippen molar-refractivity contribution in [3.8, 4) is 0 Å². The van der Waals surface area contributed by atoms with Crippen LogP contribution in [0.5, 0.6) is 0 Å². The lowest BCUT2D eigenvalue weighted by molar-refractivity contribution is 0.102. The Labute approximate surface area is 182 Å². The first-order valence-corrected chi connectivity index (χ1v) is 12.4. The smallest absolute Gasteiger partial charge is 0.259 e. The summed E-state index contributed by atoms with van der Waals surface area (Å²) < 4.78 is 26.4. The molecule has 0 spiro atoms. The third-order valence-electron chi connectivity index (χ3n) is 4.96. The summed E-state index contributed by atoms with van der Waals surface area (Å²) in [5.41, 5.74) is 1.08. The summed E-state index contributed by atoms with van der Waals surface area (Å²) in [5, 5.41) is 12.3. The second kappa shape index (κ2) is 9.40. The van der Waals surface area contributed by atoms with E-state index in [-0.39, 0.29) is 10.8 Å². The van der Waals surface area contributed by atoms with Gasteiger partial charge in [-0.15, -0.1) is 10.2 Å². The Balaban J connectivity index is 1.94. The van der Waals surface area contributed by atoms with Crippen molar-refractivity contribution in [1.82, 2.24) is 14.5 Å². The van der Waals surface area contributed by atoms with E-state index in [4.69, 9.17) is 0 Å². The molecule has 1 N–H and O–H groups in total. The maximum atomic E-state index is 13.2. The molecule has 1 aliphatic heterocycles. The number of carbonyl (C=O) groups excluding carboxylic acids is 1. The molecule has 1 aromatic heterocycles. The fourth-order valence-electron chi connectivity index (χ4n) is 3.38. The van der Waals surface area contributed by atoms with E-state index in [0.29, 0.717) is 16.6 Å². The lowest BCUT2D eigenvalue weighted by Crippen LogP contribution is -2.32. The van der Waals surface area contributed by atoms with Gasteiger partial charge in [0, 0.05) is 39.3 Å². The van der Waals surface area contributed by atoms with Crippen molar-refractivity contribution in [1.29, 1.82) is 0 Å². The van der Waals surface area contributed by atoms with E-state index in [9.17, 15) is 13.2 Å². The van der Waals surface area contributed by atoms with Crippen molar-refractivity contribution < 1.29 is 13.2 Å². The fraction of sp³-hybridized carbons (Fsp3) is 0.550. The number of nitrogens with one attached hydrogen (secondary N) is 1. The number of benzene rings is 1. The third kappa shape index (κ3) is 5.16. The number of anilines is 2. The lowest BCUT2D eigenvalue weighted by atomic mass is 10.1. The highest BCUT2D eigenvalue weighted by atomic mass is 32.2. The van der Waals surface area contributed by atoms with Crippen molar-refractivity contribution in [3.05, 3.63) is 28.8 Å². The lowest BCUT2D eigenvalue weighted by Gasteiger charge is -2.30. The number of sulfonamides is 1. The van der Waals surface area contributed by atoms with Crippen LogP contribution in [0.3, 0.4) is 0 Å². The Hall–Kier alpha value is -2.04. The van der Waals surface area contributed by atoms with Gasteiger partial charge in [0.25, 0.3) is 5.91 Å². The van der Waals surface area contributed by atoms with Crippen LogP contribution in [0.1, 0.15) is 48.5 Å². The minimum atomic E-state index is -3.65. The summed E-state index contributed by atoms with van der Waals surface area (Å²) in [6.45, 7) is 5.89. The van der Waals surface area contributed by atoms with Gasteiger partial charge < -0.3 is 4.90 Å². The Bertz CT molecular complexity index is 996. The van der Waals surface area contributed by atoms with E-state index >= 15 is 0 Å². The van der Waals surface area contributed by atoms with Crippen molar-refractivity contribution >= 4 is 38.1 Å². The first-order valence-electron chi connectivity index (χ1n) is 10.1. The van der Waals surface area contributed by atoms with Gasteiger partial charge in [-0.1, -0.05) is 25.2 Å². The number of carbonyl (C=O) groups is 1. The number of aromatic nitrogens is 2. The average molecular weight is 452 g/mol. The first-order chi connectivity index (χ1) is 14.2. The molecule has 0 radical (unpaired) electrons. The molecule has 1 aliphatic rings. The number of amides is 1. The zero-order valence-electron chi connectivity index (χ0n) is 17.9. The Morgan fingerprint density at radius 1 is 1.20 bits per heavy atom. The van der Waals surface area contributed by atoms with Crippen LogP contribution in [0.4, 0.5) is 10.8 Å². The number of hydrogen-bond donors (Lipinski definition) is 1. The molecule has 1 fully saturated rings. The van der Waals surface area contributed by atoms with Crippen molar-refractivity contribution in [2.45, 2.75) is 44.4 Å². The van der Waals surface area contributed by atoms with Crippen LogP contribution < -0.4 is 10.2 Å². The van der Waals surface area contributed by atoms with Gasteiger partial charge in [0.1, 0.15) is 5.01 Å². The van der Waals surface area contributed by atoms with Crippen molar-refractivity contribution in [2.75, 3.05) is 37.4 Å². The summed E-state index contributed by atoms with van der Waals surface area (Å²) in [7, 11) is -0.699. The molecule has 2 aromatic rings. The zero-order chi connectivity index (χ0) is 21.9. The molecule has 3 rings (SSSR count). The van der Waals surface area contributed by atoms with Crippen LogP contribution in [0, 0.1) is 5.92 Å². The van der Waals surface area contributed by atoms with Gasteiger partial charge in [-0.2, -0.15) is 0 Å². The molecule has 30 heavy (non-hydrogen) atoms. The van der Waals surface area contributed by atoms with Crippen LogP contribution in [-0.2, 0) is 16.4 Å². The standard InChI is InChI=1S/C20H29N5O3S2/c1-14(2)12-18-22-23-20(29-18)21-19(26)16-13-15(30(27,28)24(3)4)8-9-17(16)25-10-6-5-7-11-25/h8-9,13-14H,5-7,10-12H2,1-4H3,(H,21,23,26). The van der Waals surface area contributed by atoms with E-state index in [0.717, 1.165) is 53.8 Å². The van der Waals surface area contributed by atoms with E-state index in [1.165, 1.54) is 31.5 Å². The van der Waals surface area contributed by atoms with E-state index in [1.807, 2.05) is 0 Å². The molecule has 1 amide bonds. The molecule has 8 nitrogen and oxygen atoms in total. The second-order valence-electron chi connectivity index (χ2n) is 8.07. The van der Waals surface area contributed by atoms with Gasteiger partial charge in [-0.05, 0) is 43.4 Å². The van der Waals surface area contributed by atoms with E-state index < -0.39 is 10.0 Å². The summed E-state index contributed by atoms with van der Waals surface area (Å²) >= 11 is 1.35. The third-order valence-corrected chi connectivity index (χ3v) is 7.63. The molecule has 0 saturated carbocycles. The predicted octanol–water partition coefficient (Wildman–Crippen LogP) is 3.23. The summed E-state index contributed by atoms with van der Waals surface area (Å²) in [6, 6.07) is 4.77. The van der Waals surface area contributed by atoms with Crippen LogP contribution >= 0.6 is 11.3 Å². The quantitative estimate of drug-likeness (QED) is 0.694. The zero-order valence-corrected chi connectivity index (χ0v) is 19.5. The van der Waals surface area contributed by atoms with Gasteiger partial charge in [0.2, 0.25) is 15.2 Å². The first kappa shape index (κ1) is 22.6. The SMILES string of the molecule is CC(C)Cc1nnc(NC(=O)c2cc(S(=O)(=O)N(C)C)ccc2N2CCCCC2)s1. The van der Waals surface area contributed by atoms with Crippen LogP contribution in [0.15, 0.2) is 23.1 Å².